The lowest BCUT2D eigenvalue weighted by Gasteiger charge is -2.28. The van der Waals surface area contributed by atoms with Gasteiger partial charge in [0.1, 0.15) is 11.5 Å². The van der Waals surface area contributed by atoms with E-state index in [1.54, 1.807) is 66.8 Å². The fourth-order valence-electron chi connectivity index (χ4n) is 12.3. The SMILES string of the molecule is CN(CCN1CCOCC1)C(=O)c1cccc(C(=O)Nc2ccc(OC3CCCC3)cc2-c2cc(C(=O)NC3CCCc4ccccc43)ccn2)c1.Nc1ccc(OC2CCCC2)cc1-c1cc(C(=O)NC2CCCc3ccccc32)ccn1. The van der Waals surface area contributed by atoms with Gasteiger partial charge in [-0.25, -0.2) is 0 Å². The number of carbonyl (C=O) groups excluding carboxylic acids is 4. The average molecular weight is 1130 g/mol. The predicted molar refractivity (Wildman–Crippen MR) is 327 cm³/mol. The number of anilines is 2. The maximum atomic E-state index is 13.8. The molecular weight excluding hydrogens is 1050 g/mol. The van der Waals surface area contributed by atoms with Crippen molar-refractivity contribution >= 4 is 35.0 Å². The highest BCUT2D eigenvalue weighted by atomic mass is 16.5. The summed E-state index contributed by atoms with van der Waals surface area (Å²) in [5, 5.41) is 9.52. The minimum atomic E-state index is -0.360. The van der Waals surface area contributed by atoms with Crippen LogP contribution in [0.1, 0.15) is 153 Å². The number of hydrogen-bond acceptors (Lipinski definition) is 11. The number of nitrogens with two attached hydrogens (primary N) is 1. The number of benzene rings is 5. The van der Waals surface area contributed by atoms with Crippen molar-refractivity contribution < 1.29 is 33.4 Å². The fraction of sp³-hybridized carbons (Fsp3) is 0.362. The summed E-state index contributed by atoms with van der Waals surface area (Å²) in [6.45, 7) is 4.47. The summed E-state index contributed by atoms with van der Waals surface area (Å²) in [4.78, 5) is 66.9. The number of nitrogens with zero attached hydrogens (tertiary/aromatic N) is 4. The highest BCUT2D eigenvalue weighted by Gasteiger charge is 2.26. The van der Waals surface area contributed by atoms with Gasteiger partial charge in [0.05, 0.1) is 54.6 Å². The number of rotatable bonds is 16. The summed E-state index contributed by atoms with van der Waals surface area (Å²) in [6, 6.07) is 41.8. The molecule has 15 heteroatoms. The van der Waals surface area contributed by atoms with Crippen molar-refractivity contribution in [3.05, 3.63) is 190 Å². The number of ether oxygens (including phenoxy) is 3. The van der Waals surface area contributed by atoms with Crippen molar-refractivity contribution in [1.29, 1.82) is 0 Å². The minimum absolute atomic E-state index is 0.0391. The second-order valence-corrected chi connectivity index (χ2v) is 22.8. The van der Waals surface area contributed by atoms with Crippen LogP contribution in [-0.2, 0) is 17.6 Å². The molecule has 2 atom stereocenters. The molecule has 2 saturated carbocycles. The van der Waals surface area contributed by atoms with Crippen molar-refractivity contribution in [2.24, 2.45) is 0 Å². The first-order chi connectivity index (χ1) is 41.1. The fourth-order valence-corrected chi connectivity index (χ4v) is 12.3. The largest absolute Gasteiger partial charge is 0.490 e. The van der Waals surface area contributed by atoms with Gasteiger partial charge in [-0.2, -0.15) is 0 Å². The summed E-state index contributed by atoms with van der Waals surface area (Å²) in [6.07, 6.45) is 18.6. The van der Waals surface area contributed by atoms with Gasteiger partial charge in [0.2, 0.25) is 0 Å². The van der Waals surface area contributed by atoms with E-state index in [0.717, 1.165) is 108 Å². The van der Waals surface area contributed by atoms with Gasteiger partial charge in [0.25, 0.3) is 23.6 Å². The molecule has 84 heavy (non-hydrogen) atoms. The van der Waals surface area contributed by atoms with Crippen LogP contribution in [-0.4, -0.2) is 102 Å². The Morgan fingerprint density at radius 2 is 1.10 bits per heavy atom. The van der Waals surface area contributed by atoms with Gasteiger partial charge in [-0.3, -0.25) is 34.0 Å². The molecule has 4 amide bonds. The van der Waals surface area contributed by atoms with Crippen LogP contribution in [0.25, 0.3) is 22.5 Å². The van der Waals surface area contributed by atoms with Crippen molar-refractivity contribution in [2.45, 2.75) is 114 Å². The number of nitrogen functional groups attached to an aromatic ring is 1. The lowest BCUT2D eigenvalue weighted by atomic mass is 9.87. The lowest BCUT2D eigenvalue weighted by molar-refractivity contribution is 0.0338. The number of morpholine rings is 1. The first-order valence-electron chi connectivity index (χ1n) is 30.1. The van der Waals surface area contributed by atoms with Gasteiger partial charge in [-0.15, -0.1) is 0 Å². The maximum Gasteiger partial charge on any atom is 0.255 e. The zero-order valence-electron chi connectivity index (χ0n) is 48.0. The Kier molecular flexibility index (Phi) is 18.7. The van der Waals surface area contributed by atoms with Crippen LogP contribution in [0.3, 0.4) is 0 Å². The van der Waals surface area contributed by atoms with E-state index < -0.39 is 0 Å². The standard InChI is InChI=1S/C42H47N5O5.C27H29N3O2/c1-46(20-21-47-22-24-51-25-23-47)42(50)32-11-6-10-30(26-32)40(48)45-38-17-16-34(52-33-12-3-4-13-33)28-36(38)39-27-31(18-19-43-39)41(49)44-37-15-7-9-29-8-2-5-14-35(29)37;28-24-13-12-21(32-20-8-2-3-9-20)17-23(24)26-16-19(14-15-29-26)27(31)30-25-11-5-7-18-6-1-4-10-22(18)25/h2,5-6,8,10-11,14,16-19,26-28,33,37H,3-4,7,9,12-13,15,20-25H2,1H3,(H,44,49)(H,45,48);1,4,6,10,12-17,20,25H,2-3,5,7-9,11,28H2,(H,30,31). The molecule has 3 fully saturated rings. The second kappa shape index (κ2) is 27.3. The Labute approximate surface area is 492 Å². The molecule has 0 radical (unpaired) electrons. The molecule has 1 aliphatic heterocycles. The summed E-state index contributed by atoms with van der Waals surface area (Å²) in [5.74, 6) is 0.715. The van der Waals surface area contributed by atoms with Gasteiger partial charge >= 0.3 is 0 Å². The summed E-state index contributed by atoms with van der Waals surface area (Å²) < 4.78 is 17.9. The Hall–Kier alpha value is -8.40. The molecule has 5 aromatic carbocycles. The zero-order chi connectivity index (χ0) is 57.8. The normalized spacial score (nSPS) is 17.8. The first kappa shape index (κ1) is 57.4. The molecule has 12 rings (SSSR count). The molecular formula is C69H76N8O7. The average Bonchev–Trinajstić information content (AvgIpc) is 4.36. The van der Waals surface area contributed by atoms with Crippen LogP contribution in [0.5, 0.6) is 11.5 Å². The quantitative estimate of drug-likeness (QED) is 0.0674. The third kappa shape index (κ3) is 14.3. The number of carbonyl (C=O) groups is 4. The number of fused-ring (bicyclic) bond motifs is 2. The molecule has 434 valence electrons. The van der Waals surface area contributed by atoms with Crippen LogP contribution >= 0.6 is 0 Å². The minimum Gasteiger partial charge on any atom is -0.490 e. The third-order valence-corrected chi connectivity index (χ3v) is 17.0. The number of likely N-dealkylation sites (N-methyl/N-ethyl adjacent to an activating group) is 1. The molecule has 0 spiro atoms. The number of amides is 4. The molecule has 0 bridgehead atoms. The zero-order valence-corrected chi connectivity index (χ0v) is 48.0. The van der Waals surface area contributed by atoms with Crippen molar-refractivity contribution in [1.82, 2.24) is 30.4 Å². The third-order valence-electron chi connectivity index (χ3n) is 17.0. The summed E-state index contributed by atoms with van der Waals surface area (Å²) >= 11 is 0. The van der Waals surface area contributed by atoms with E-state index in [1.807, 2.05) is 60.7 Å². The van der Waals surface area contributed by atoms with Crippen molar-refractivity contribution in [3.63, 3.8) is 0 Å². The van der Waals surface area contributed by atoms with E-state index in [0.29, 0.717) is 76.1 Å². The van der Waals surface area contributed by atoms with E-state index in [9.17, 15) is 19.2 Å². The summed E-state index contributed by atoms with van der Waals surface area (Å²) in [7, 11) is 1.78. The number of pyridine rings is 2. The summed E-state index contributed by atoms with van der Waals surface area (Å²) in [5.41, 5.74) is 16.9. The molecule has 5 aliphatic rings. The number of nitrogens with one attached hydrogen (secondary N) is 3. The van der Waals surface area contributed by atoms with Crippen molar-refractivity contribution in [3.8, 4) is 34.0 Å². The number of aryl methyl sites for hydroxylation is 2. The second-order valence-electron chi connectivity index (χ2n) is 22.8. The molecule has 2 aromatic heterocycles. The highest BCUT2D eigenvalue weighted by molar-refractivity contribution is 6.08. The van der Waals surface area contributed by atoms with Crippen molar-refractivity contribution in [2.75, 3.05) is 57.5 Å². The van der Waals surface area contributed by atoms with Gasteiger partial charge < -0.3 is 40.8 Å². The topological polar surface area (TPSA) is 190 Å². The number of hydrogen-bond donors (Lipinski definition) is 4. The van der Waals surface area contributed by atoms with Crippen LogP contribution in [0, 0.1) is 0 Å². The van der Waals surface area contributed by atoms with Gasteiger partial charge in [-0.05, 0) is 191 Å². The Morgan fingerprint density at radius 3 is 1.69 bits per heavy atom. The van der Waals surface area contributed by atoms with Gasteiger partial charge in [0, 0.05) is 84.7 Å². The lowest BCUT2D eigenvalue weighted by Crippen LogP contribution is -2.41. The number of aromatic nitrogens is 2. The Bertz CT molecular complexity index is 3460. The van der Waals surface area contributed by atoms with Crippen LogP contribution in [0.2, 0.25) is 0 Å². The van der Waals surface area contributed by atoms with E-state index in [1.165, 1.54) is 35.1 Å². The maximum absolute atomic E-state index is 13.8. The van der Waals surface area contributed by atoms with Gasteiger partial charge in [-0.1, -0.05) is 54.6 Å². The molecule has 15 nitrogen and oxygen atoms in total. The Morgan fingerprint density at radius 1 is 0.571 bits per heavy atom. The van der Waals surface area contributed by atoms with E-state index in [-0.39, 0.29) is 47.9 Å². The molecule has 3 heterocycles. The van der Waals surface area contributed by atoms with Crippen LogP contribution in [0.15, 0.2) is 146 Å². The first-order valence-corrected chi connectivity index (χ1v) is 30.1. The molecule has 7 aromatic rings. The molecule has 4 aliphatic carbocycles. The van der Waals surface area contributed by atoms with Gasteiger partial charge in [0.15, 0.2) is 0 Å². The van der Waals surface area contributed by atoms with E-state index in [4.69, 9.17) is 19.9 Å². The molecule has 2 unspecified atom stereocenters. The molecule has 5 N–H and O–H groups in total. The van der Waals surface area contributed by atoms with E-state index in [2.05, 4.69) is 61.2 Å². The highest BCUT2D eigenvalue weighted by Crippen LogP contribution is 2.36. The molecule has 1 saturated heterocycles. The predicted octanol–water partition coefficient (Wildman–Crippen LogP) is 12.0. The Balaban J connectivity index is 0.000000196. The monoisotopic (exact) mass is 1130 g/mol. The smallest absolute Gasteiger partial charge is 0.255 e. The van der Waals surface area contributed by atoms with Crippen LogP contribution in [0.4, 0.5) is 11.4 Å². The van der Waals surface area contributed by atoms with E-state index >= 15 is 0 Å². The van der Waals surface area contributed by atoms with Crippen LogP contribution < -0.4 is 31.2 Å².